The molecule has 144 valence electrons. The molecular weight excluding hydrogens is 464 g/mol. The predicted octanol–water partition coefficient (Wildman–Crippen LogP) is 4.21. The van der Waals surface area contributed by atoms with E-state index in [-0.39, 0.29) is 23.4 Å². The van der Waals surface area contributed by atoms with Gasteiger partial charge in [0, 0.05) is 15.9 Å². The SMILES string of the molecule is CC(=NN=C(N)SC1CC(=O)N(c2ccc(Br)cc2)C1=O)c1ccc(Cl)cc1. The van der Waals surface area contributed by atoms with Crippen LogP contribution in [0.3, 0.4) is 0 Å². The van der Waals surface area contributed by atoms with Crippen LogP contribution >= 0.6 is 39.3 Å². The first-order valence-electron chi connectivity index (χ1n) is 8.28. The first-order valence-corrected chi connectivity index (χ1v) is 10.3. The van der Waals surface area contributed by atoms with E-state index >= 15 is 0 Å². The van der Waals surface area contributed by atoms with Gasteiger partial charge in [-0.2, -0.15) is 5.10 Å². The quantitative estimate of drug-likeness (QED) is 0.308. The van der Waals surface area contributed by atoms with Crippen molar-refractivity contribution in [1.29, 1.82) is 0 Å². The maximum absolute atomic E-state index is 12.6. The third kappa shape index (κ3) is 4.81. The van der Waals surface area contributed by atoms with Crippen molar-refractivity contribution in [3.8, 4) is 0 Å². The molecular formula is C19H16BrClN4O2S. The van der Waals surface area contributed by atoms with Crippen LogP contribution in [0.5, 0.6) is 0 Å². The van der Waals surface area contributed by atoms with Crippen LogP contribution in [0.1, 0.15) is 18.9 Å². The highest BCUT2D eigenvalue weighted by molar-refractivity contribution is 9.10. The number of carbonyl (C=O) groups excluding carboxylic acids is 2. The number of carbonyl (C=O) groups is 2. The number of hydrogen-bond donors (Lipinski definition) is 1. The highest BCUT2D eigenvalue weighted by Gasteiger charge is 2.40. The number of nitrogens with two attached hydrogens (primary N) is 1. The van der Waals surface area contributed by atoms with Crippen molar-refractivity contribution in [3.63, 3.8) is 0 Å². The van der Waals surface area contributed by atoms with Crippen molar-refractivity contribution in [1.82, 2.24) is 0 Å². The van der Waals surface area contributed by atoms with Gasteiger partial charge in [-0.05, 0) is 48.9 Å². The molecule has 0 radical (unpaired) electrons. The lowest BCUT2D eigenvalue weighted by atomic mass is 10.1. The van der Waals surface area contributed by atoms with Crippen molar-refractivity contribution >= 4 is 67.7 Å². The number of benzene rings is 2. The molecule has 1 fully saturated rings. The first-order chi connectivity index (χ1) is 13.3. The number of halogens is 2. The molecule has 0 spiro atoms. The molecule has 0 aliphatic carbocycles. The van der Waals surface area contributed by atoms with Crippen LogP contribution in [0, 0.1) is 0 Å². The lowest BCUT2D eigenvalue weighted by molar-refractivity contribution is -0.121. The highest BCUT2D eigenvalue weighted by Crippen LogP contribution is 2.30. The van der Waals surface area contributed by atoms with E-state index in [4.69, 9.17) is 17.3 Å². The van der Waals surface area contributed by atoms with E-state index in [1.165, 1.54) is 4.90 Å². The molecule has 28 heavy (non-hydrogen) atoms. The molecule has 2 N–H and O–H groups in total. The lowest BCUT2D eigenvalue weighted by Crippen LogP contribution is -2.31. The Balaban J connectivity index is 1.69. The summed E-state index contributed by atoms with van der Waals surface area (Å²) in [4.78, 5) is 26.1. The largest absolute Gasteiger partial charge is 0.377 e. The molecule has 9 heteroatoms. The van der Waals surface area contributed by atoms with Gasteiger partial charge in [-0.15, -0.1) is 5.10 Å². The van der Waals surface area contributed by atoms with Crippen molar-refractivity contribution < 1.29 is 9.59 Å². The van der Waals surface area contributed by atoms with Crippen LogP contribution in [0.2, 0.25) is 5.02 Å². The Morgan fingerprint density at radius 3 is 2.43 bits per heavy atom. The number of nitrogens with zero attached hydrogens (tertiary/aromatic N) is 3. The van der Waals surface area contributed by atoms with Crippen molar-refractivity contribution in [2.45, 2.75) is 18.6 Å². The minimum Gasteiger partial charge on any atom is -0.377 e. The Morgan fingerprint density at radius 2 is 1.79 bits per heavy atom. The van der Waals surface area contributed by atoms with Gasteiger partial charge < -0.3 is 5.73 Å². The smallest absolute Gasteiger partial charge is 0.247 e. The molecule has 2 aromatic rings. The Labute approximate surface area is 180 Å². The molecule has 1 atom stereocenters. The second-order valence-electron chi connectivity index (χ2n) is 5.98. The average molecular weight is 480 g/mol. The molecule has 1 heterocycles. The summed E-state index contributed by atoms with van der Waals surface area (Å²) in [6.07, 6.45) is 0.0651. The zero-order valence-electron chi connectivity index (χ0n) is 14.8. The van der Waals surface area contributed by atoms with Crippen LogP contribution in [-0.4, -0.2) is 27.9 Å². The van der Waals surface area contributed by atoms with Crippen molar-refractivity contribution in [3.05, 3.63) is 63.6 Å². The summed E-state index contributed by atoms with van der Waals surface area (Å²) in [7, 11) is 0. The van der Waals surface area contributed by atoms with Gasteiger partial charge in [0.1, 0.15) is 5.25 Å². The third-order valence-electron chi connectivity index (χ3n) is 4.01. The summed E-state index contributed by atoms with van der Waals surface area (Å²) in [5, 5.41) is 8.21. The highest BCUT2D eigenvalue weighted by atomic mass is 79.9. The fourth-order valence-electron chi connectivity index (χ4n) is 2.60. The summed E-state index contributed by atoms with van der Waals surface area (Å²) < 4.78 is 0.867. The van der Waals surface area contributed by atoms with Crippen molar-refractivity contribution in [2.75, 3.05) is 4.90 Å². The Bertz CT molecular complexity index is 961. The topological polar surface area (TPSA) is 88.1 Å². The van der Waals surface area contributed by atoms with Crippen molar-refractivity contribution in [2.24, 2.45) is 15.9 Å². The van der Waals surface area contributed by atoms with E-state index in [0.29, 0.717) is 16.4 Å². The predicted molar refractivity (Wildman–Crippen MR) is 118 cm³/mol. The number of thioether (sulfide) groups is 1. The first kappa shape index (κ1) is 20.6. The van der Waals surface area contributed by atoms with Gasteiger partial charge in [0.25, 0.3) is 0 Å². The minimum atomic E-state index is -0.620. The number of amidine groups is 1. The molecule has 2 aromatic carbocycles. The zero-order chi connectivity index (χ0) is 20.3. The van der Waals surface area contributed by atoms with E-state index in [9.17, 15) is 9.59 Å². The van der Waals surface area contributed by atoms with E-state index in [2.05, 4.69) is 26.1 Å². The number of amides is 2. The summed E-state index contributed by atoms with van der Waals surface area (Å²) in [6.45, 7) is 1.80. The molecule has 0 saturated carbocycles. The fraction of sp³-hybridized carbons (Fsp3) is 0.158. The molecule has 1 aliphatic rings. The number of rotatable bonds is 4. The standard InChI is InChI=1S/C19H16BrClN4O2S/c1-11(12-2-6-14(21)7-3-12)23-24-19(22)28-16-10-17(26)25(18(16)27)15-8-4-13(20)5-9-15/h2-9,16H,10H2,1H3,(H2,22,24). The molecule has 1 aliphatic heterocycles. The van der Waals surface area contributed by atoms with Gasteiger partial charge in [0.15, 0.2) is 5.17 Å². The molecule has 1 saturated heterocycles. The molecule has 3 rings (SSSR count). The maximum Gasteiger partial charge on any atom is 0.247 e. The molecule has 0 bridgehead atoms. The molecule has 1 unspecified atom stereocenters. The minimum absolute atomic E-state index is 0.0651. The Morgan fingerprint density at radius 1 is 1.14 bits per heavy atom. The van der Waals surface area contributed by atoms with E-state index < -0.39 is 5.25 Å². The summed E-state index contributed by atoms with van der Waals surface area (Å²) in [6, 6.07) is 14.2. The van der Waals surface area contributed by atoms with Crippen LogP contribution < -0.4 is 10.6 Å². The fourth-order valence-corrected chi connectivity index (χ4v) is 3.80. The van der Waals surface area contributed by atoms with E-state index in [0.717, 1.165) is 21.8 Å². The Kier molecular flexibility index (Phi) is 6.53. The molecule has 2 amide bonds. The monoisotopic (exact) mass is 478 g/mol. The summed E-state index contributed by atoms with van der Waals surface area (Å²) in [5.41, 5.74) is 7.97. The third-order valence-corrected chi connectivity index (χ3v) is 5.77. The van der Waals surface area contributed by atoms with Gasteiger partial charge in [-0.3, -0.25) is 9.59 Å². The van der Waals surface area contributed by atoms with Gasteiger partial charge in [0.2, 0.25) is 11.8 Å². The summed E-state index contributed by atoms with van der Waals surface area (Å²) >= 11 is 10.2. The number of anilines is 1. The molecule has 0 aromatic heterocycles. The average Bonchev–Trinajstić information content (AvgIpc) is 2.94. The van der Waals surface area contributed by atoms with Crippen LogP contribution in [0.4, 0.5) is 5.69 Å². The van der Waals surface area contributed by atoms with Crippen LogP contribution in [-0.2, 0) is 9.59 Å². The van der Waals surface area contributed by atoms with Crippen LogP contribution in [0.25, 0.3) is 0 Å². The second-order valence-corrected chi connectivity index (χ2v) is 8.56. The van der Waals surface area contributed by atoms with E-state index in [1.807, 2.05) is 12.1 Å². The Hall–Kier alpha value is -2.16. The maximum atomic E-state index is 12.6. The van der Waals surface area contributed by atoms with Gasteiger partial charge in [-0.1, -0.05) is 51.4 Å². The number of hydrogen-bond acceptors (Lipinski definition) is 5. The van der Waals surface area contributed by atoms with Crippen LogP contribution in [0.15, 0.2) is 63.2 Å². The van der Waals surface area contributed by atoms with Gasteiger partial charge >= 0.3 is 0 Å². The van der Waals surface area contributed by atoms with Gasteiger partial charge in [0.05, 0.1) is 11.4 Å². The number of imide groups is 1. The zero-order valence-corrected chi connectivity index (χ0v) is 18.0. The second kappa shape index (κ2) is 8.89. The normalized spacial score (nSPS) is 18.1. The van der Waals surface area contributed by atoms with E-state index in [1.54, 1.807) is 43.3 Å². The van der Waals surface area contributed by atoms with Gasteiger partial charge in [-0.25, -0.2) is 4.90 Å². The lowest BCUT2D eigenvalue weighted by Gasteiger charge is -2.14. The summed E-state index contributed by atoms with van der Waals surface area (Å²) in [5.74, 6) is -0.577. The molecule has 6 nitrogen and oxygen atoms in total.